The molecule has 8 heteroatoms. The fourth-order valence-corrected chi connectivity index (χ4v) is 1.66. The van der Waals surface area contributed by atoms with Crippen molar-refractivity contribution in [3.05, 3.63) is 50.7 Å². The number of benzene rings is 1. The molecular weight excluding hydrogens is 289 g/mol. The highest BCUT2D eigenvalue weighted by Crippen LogP contribution is 2.30. The molecule has 1 aromatic carbocycles. The number of hydrogen-bond donors (Lipinski definition) is 0. The molecular formula is C12H9ClFN3O3. The van der Waals surface area contributed by atoms with Gasteiger partial charge in [-0.1, -0.05) is 11.6 Å². The normalized spacial score (nSPS) is 10.4. The van der Waals surface area contributed by atoms with E-state index in [1.165, 1.54) is 0 Å². The van der Waals surface area contributed by atoms with Gasteiger partial charge in [0.25, 0.3) is 5.69 Å². The van der Waals surface area contributed by atoms with Gasteiger partial charge in [0.05, 0.1) is 11.0 Å². The summed E-state index contributed by atoms with van der Waals surface area (Å²) in [5.41, 5.74) is 0.0958. The maximum absolute atomic E-state index is 13.7. The van der Waals surface area contributed by atoms with Crippen molar-refractivity contribution >= 4 is 17.3 Å². The van der Waals surface area contributed by atoms with E-state index < -0.39 is 10.7 Å². The van der Waals surface area contributed by atoms with Crippen molar-refractivity contribution in [1.82, 2.24) is 9.97 Å². The molecule has 0 aliphatic carbocycles. The molecule has 0 bridgehead atoms. The maximum atomic E-state index is 13.7. The molecule has 104 valence electrons. The van der Waals surface area contributed by atoms with Gasteiger partial charge in [-0.05, 0) is 19.9 Å². The highest BCUT2D eigenvalue weighted by Gasteiger charge is 2.15. The minimum Gasteiger partial charge on any atom is -0.435 e. The molecule has 6 nitrogen and oxygen atoms in total. The van der Waals surface area contributed by atoms with Gasteiger partial charge in [0.1, 0.15) is 11.0 Å². The fraction of sp³-hybridized carbons (Fsp3) is 0.167. The maximum Gasteiger partial charge on any atom is 0.272 e. The Morgan fingerprint density at radius 1 is 1.35 bits per heavy atom. The zero-order chi connectivity index (χ0) is 14.9. The van der Waals surface area contributed by atoms with E-state index in [2.05, 4.69) is 9.97 Å². The van der Waals surface area contributed by atoms with Crippen molar-refractivity contribution in [2.45, 2.75) is 13.8 Å². The number of nitro benzene ring substituents is 1. The first-order valence-electron chi connectivity index (χ1n) is 5.51. The molecule has 0 aliphatic heterocycles. The Hall–Kier alpha value is -2.28. The summed E-state index contributed by atoms with van der Waals surface area (Å²) in [7, 11) is 0. The second kappa shape index (κ2) is 5.38. The van der Waals surface area contributed by atoms with E-state index in [9.17, 15) is 14.5 Å². The summed E-state index contributed by atoms with van der Waals surface area (Å²) in [6.07, 6.45) is 0. The molecule has 2 aromatic rings. The molecule has 0 unspecified atom stereocenters. The third kappa shape index (κ3) is 2.83. The van der Waals surface area contributed by atoms with Gasteiger partial charge in [0.15, 0.2) is 11.6 Å². The summed E-state index contributed by atoms with van der Waals surface area (Å²) in [6, 6.07) is 3.09. The van der Waals surface area contributed by atoms with Crippen LogP contribution in [0.2, 0.25) is 5.15 Å². The number of aromatic nitrogens is 2. The Morgan fingerprint density at radius 2 is 2.05 bits per heavy atom. The lowest BCUT2D eigenvalue weighted by molar-refractivity contribution is -0.385. The predicted molar refractivity (Wildman–Crippen MR) is 69.6 cm³/mol. The Bertz CT molecular complexity index is 694. The number of aryl methyl sites for hydroxylation is 1. The van der Waals surface area contributed by atoms with E-state index in [0.29, 0.717) is 11.4 Å². The largest absolute Gasteiger partial charge is 0.435 e. The number of nitro groups is 1. The number of halogens is 2. The summed E-state index contributed by atoms with van der Waals surface area (Å²) >= 11 is 5.88. The number of hydrogen-bond acceptors (Lipinski definition) is 5. The highest BCUT2D eigenvalue weighted by atomic mass is 35.5. The summed E-state index contributed by atoms with van der Waals surface area (Å²) in [5.74, 6) is -0.549. The Kier molecular flexibility index (Phi) is 3.80. The number of ether oxygens (including phenoxy) is 1. The SMILES string of the molecule is Cc1nc(Cl)c(C)c(Oc2ccc([N+](=O)[O-])cc2F)n1. The molecule has 2 rings (SSSR count). The predicted octanol–water partition coefficient (Wildman–Crippen LogP) is 3.59. The van der Waals surface area contributed by atoms with Crippen LogP contribution in [0.3, 0.4) is 0 Å². The number of rotatable bonds is 3. The minimum absolute atomic E-state index is 0.107. The first kappa shape index (κ1) is 14.1. The average molecular weight is 298 g/mol. The first-order valence-corrected chi connectivity index (χ1v) is 5.89. The van der Waals surface area contributed by atoms with Crippen LogP contribution in [-0.4, -0.2) is 14.9 Å². The molecule has 0 amide bonds. The third-order valence-electron chi connectivity index (χ3n) is 2.49. The molecule has 0 fully saturated rings. The van der Waals surface area contributed by atoms with E-state index in [1.54, 1.807) is 13.8 Å². The van der Waals surface area contributed by atoms with Gasteiger partial charge in [-0.3, -0.25) is 10.1 Å². The second-order valence-corrected chi connectivity index (χ2v) is 4.32. The smallest absolute Gasteiger partial charge is 0.272 e. The summed E-state index contributed by atoms with van der Waals surface area (Å²) in [6.45, 7) is 3.24. The van der Waals surface area contributed by atoms with Crippen LogP contribution in [0, 0.1) is 29.8 Å². The molecule has 20 heavy (non-hydrogen) atoms. The molecule has 0 aliphatic rings. The van der Waals surface area contributed by atoms with Crippen molar-refractivity contribution in [1.29, 1.82) is 0 Å². The van der Waals surface area contributed by atoms with Crippen molar-refractivity contribution in [3.63, 3.8) is 0 Å². The quantitative estimate of drug-likeness (QED) is 0.491. The van der Waals surface area contributed by atoms with Crippen molar-refractivity contribution in [3.8, 4) is 11.6 Å². The Labute approximate surface area is 118 Å². The molecule has 0 atom stereocenters. The van der Waals surface area contributed by atoms with Crippen LogP contribution in [-0.2, 0) is 0 Å². The lowest BCUT2D eigenvalue weighted by Gasteiger charge is -2.09. The van der Waals surface area contributed by atoms with Crippen molar-refractivity contribution in [2.75, 3.05) is 0 Å². The van der Waals surface area contributed by atoms with Gasteiger partial charge >= 0.3 is 0 Å². The molecule has 0 radical (unpaired) electrons. The zero-order valence-electron chi connectivity index (χ0n) is 10.6. The summed E-state index contributed by atoms with van der Waals surface area (Å²) in [5, 5.41) is 10.7. The Balaban J connectivity index is 2.38. The van der Waals surface area contributed by atoms with E-state index in [4.69, 9.17) is 16.3 Å². The Morgan fingerprint density at radius 3 is 2.65 bits per heavy atom. The van der Waals surface area contributed by atoms with Gasteiger partial charge < -0.3 is 4.74 Å². The van der Waals surface area contributed by atoms with Gasteiger partial charge in [-0.2, -0.15) is 4.98 Å². The highest BCUT2D eigenvalue weighted by molar-refractivity contribution is 6.30. The average Bonchev–Trinajstić information content (AvgIpc) is 2.37. The molecule has 0 saturated heterocycles. The molecule has 0 saturated carbocycles. The molecule has 1 aromatic heterocycles. The fourth-order valence-electron chi connectivity index (χ4n) is 1.46. The van der Waals surface area contributed by atoms with Crippen LogP contribution in [0.1, 0.15) is 11.4 Å². The number of nitrogens with zero attached hydrogens (tertiary/aromatic N) is 3. The monoisotopic (exact) mass is 297 g/mol. The minimum atomic E-state index is -0.856. The van der Waals surface area contributed by atoms with Crippen LogP contribution in [0.4, 0.5) is 10.1 Å². The lowest BCUT2D eigenvalue weighted by atomic mass is 10.3. The molecule has 1 heterocycles. The van der Waals surface area contributed by atoms with Gasteiger partial charge in [0, 0.05) is 11.6 Å². The van der Waals surface area contributed by atoms with E-state index in [1.807, 2.05) is 0 Å². The standard InChI is InChI=1S/C12H9ClFN3O3/c1-6-11(13)15-7(2)16-12(6)20-10-4-3-8(17(18)19)5-9(10)14/h3-5H,1-2H3. The van der Waals surface area contributed by atoms with Gasteiger partial charge in [-0.15, -0.1) is 0 Å². The lowest BCUT2D eigenvalue weighted by Crippen LogP contribution is -1.99. The van der Waals surface area contributed by atoms with Gasteiger partial charge in [-0.25, -0.2) is 9.37 Å². The topological polar surface area (TPSA) is 78.2 Å². The second-order valence-electron chi connectivity index (χ2n) is 3.97. The van der Waals surface area contributed by atoms with E-state index in [0.717, 1.165) is 18.2 Å². The molecule has 0 spiro atoms. The third-order valence-corrected chi connectivity index (χ3v) is 2.85. The number of non-ortho nitro benzene ring substituents is 1. The first-order chi connectivity index (χ1) is 9.38. The van der Waals surface area contributed by atoms with E-state index >= 15 is 0 Å². The van der Waals surface area contributed by atoms with Crippen LogP contribution < -0.4 is 4.74 Å². The van der Waals surface area contributed by atoms with Gasteiger partial charge in [0.2, 0.25) is 5.88 Å². The summed E-state index contributed by atoms with van der Waals surface area (Å²) < 4.78 is 19.0. The molecule has 0 N–H and O–H groups in total. The van der Waals surface area contributed by atoms with Crippen LogP contribution in [0.5, 0.6) is 11.6 Å². The summed E-state index contributed by atoms with van der Waals surface area (Å²) in [4.78, 5) is 17.8. The van der Waals surface area contributed by atoms with E-state index in [-0.39, 0.29) is 22.5 Å². The van der Waals surface area contributed by atoms with Crippen molar-refractivity contribution in [2.24, 2.45) is 0 Å². The van der Waals surface area contributed by atoms with Crippen molar-refractivity contribution < 1.29 is 14.1 Å². The zero-order valence-corrected chi connectivity index (χ0v) is 11.3. The van der Waals surface area contributed by atoms with Crippen LogP contribution in [0.15, 0.2) is 18.2 Å². The van der Waals surface area contributed by atoms with Crippen LogP contribution >= 0.6 is 11.6 Å². The van der Waals surface area contributed by atoms with Crippen LogP contribution in [0.25, 0.3) is 0 Å².